The monoisotopic (exact) mass is 385 g/mol. The van der Waals surface area contributed by atoms with Crippen LogP contribution in [0.1, 0.15) is 30.6 Å². The Hall–Kier alpha value is 0.380. The number of halogens is 2. The number of sulfonamides is 1. The van der Waals surface area contributed by atoms with Crippen LogP contribution in [-0.4, -0.2) is 31.2 Å². The number of alkyl halides is 1. The summed E-state index contributed by atoms with van der Waals surface area (Å²) in [5.74, 6) is 0.491. The third kappa shape index (κ3) is 3.35. The van der Waals surface area contributed by atoms with Crippen molar-refractivity contribution in [1.29, 1.82) is 0 Å². The maximum absolute atomic E-state index is 12.8. The van der Waals surface area contributed by atoms with Gasteiger partial charge >= 0.3 is 0 Å². The first kappa shape index (κ1) is 15.8. The molecule has 1 aromatic rings. The van der Waals surface area contributed by atoms with Gasteiger partial charge in [0.05, 0.1) is 8.68 Å². The molecule has 1 aliphatic rings. The molecule has 1 fully saturated rings. The van der Waals surface area contributed by atoms with E-state index in [2.05, 4.69) is 15.9 Å². The first-order chi connectivity index (χ1) is 8.96. The Bertz CT molecular complexity index is 540. The van der Waals surface area contributed by atoms with Crippen LogP contribution in [0, 0.1) is 6.92 Å². The molecule has 0 N–H and O–H groups in total. The van der Waals surface area contributed by atoms with Crippen LogP contribution in [0.4, 0.5) is 0 Å². The van der Waals surface area contributed by atoms with E-state index in [4.69, 9.17) is 11.6 Å². The third-order valence-electron chi connectivity index (χ3n) is 3.42. The van der Waals surface area contributed by atoms with Gasteiger partial charge < -0.3 is 0 Å². The van der Waals surface area contributed by atoms with E-state index in [9.17, 15) is 8.42 Å². The van der Waals surface area contributed by atoms with Crippen molar-refractivity contribution in [2.45, 2.75) is 43.5 Å². The van der Waals surface area contributed by atoms with Crippen molar-refractivity contribution in [3.8, 4) is 0 Å². The Morgan fingerprint density at radius 1 is 1.53 bits per heavy atom. The highest BCUT2D eigenvalue weighted by Gasteiger charge is 2.35. The van der Waals surface area contributed by atoms with Crippen LogP contribution in [0.3, 0.4) is 0 Å². The molecule has 1 aromatic heterocycles. The molecule has 2 rings (SSSR count). The van der Waals surface area contributed by atoms with Gasteiger partial charge in [0.25, 0.3) is 0 Å². The highest BCUT2D eigenvalue weighted by Crippen LogP contribution is 2.35. The van der Waals surface area contributed by atoms with Crippen molar-refractivity contribution < 1.29 is 8.42 Å². The third-order valence-corrected chi connectivity index (χ3v) is 7.45. The van der Waals surface area contributed by atoms with Gasteiger partial charge in [-0.2, -0.15) is 4.31 Å². The van der Waals surface area contributed by atoms with Gasteiger partial charge in [-0.3, -0.25) is 0 Å². The number of rotatable bonds is 6. The standard InChI is InChI=1S/C12H17BrClNO2S2/c1-9-11(8-12(13)18-9)19(16,17)15(7-3-6-14)10-4-2-5-10/h8,10H,2-7H2,1H3. The fourth-order valence-corrected chi connectivity index (χ4v) is 6.43. The van der Waals surface area contributed by atoms with Crippen molar-refractivity contribution in [3.63, 3.8) is 0 Å². The molecular weight excluding hydrogens is 370 g/mol. The Labute approximate surface area is 132 Å². The lowest BCUT2D eigenvalue weighted by molar-refractivity contribution is 0.220. The second-order valence-electron chi connectivity index (χ2n) is 4.71. The fourth-order valence-electron chi connectivity index (χ4n) is 2.20. The van der Waals surface area contributed by atoms with Crippen LogP contribution in [0.2, 0.25) is 0 Å². The zero-order chi connectivity index (χ0) is 14.0. The molecule has 3 nitrogen and oxygen atoms in total. The summed E-state index contributed by atoms with van der Waals surface area (Å²) < 4.78 is 28.1. The van der Waals surface area contributed by atoms with Crippen LogP contribution >= 0.6 is 38.9 Å². The first-order valence-corrected chi connectivity index (χ1v) is 9.89. The van der Waals surface area contributed by atoms with Crippen molar-refractivity contribution >= 4 is 48.9 Å². The molecular formula is C12H17BrClNO2S2. The van der Waals surface area contributed by atoms with Crippen LogP contribution in [0.25, 0.3) is 0 Å². The molecule has 0 radical (unpaired) electrons. The van der Waals surface area contributed by atoms with Gasteiger partial charge in [-0.1, -0.05) is 6.42 Å². The van der Waals surface area contributed by atoms with Gasteiger partial charge in [-0.15, -0.1) is 22.9 Å². The van der Waals surface area contributed by atoms with E-state index in [0.29, 0.717) is 23.7 Å². The van der Waals surface area contributed by atoms with E-state index >= 15 is 0 Å². The lowest BCUT2D eigenvalue weighted by atomic mass is 9.93. The Morgan fingerprint density at radius 3 is 2.63 bits per heavy atom. The van der Waals surface area contributed by atoms with Gasteiger partial charge in [0, 0.05) is 23.3 Å². The van der Waals surface area contributed by atoms with Crippen LogP contribution in [0.5, 0.6) is 0 Å². The quantitative estimate of drug-likeness (QED) is 0.693. The first-order valence-electron chi connectivity index (χ1n) is 6.30. The SMILES string of the molecule is Cc1sc(Br)cc1S(=O)(=O)N(CCCCl)C1CCC1. The minimum atomic E-state index is -3.39. The fraction of sp³-hybridized carbons (Fsp3) is 0.667. The molecule has 0 aliphatic heterocycles. The highest BCUT2D eigenvalue weighted by atomic mass is 79.9. The lowest BCUT2D eigenvalue weighted by Crippen LogP contribution is -2.44. The van der Waals surface area contributed by atoms with Crippen molar-refractivity contribution in [3.05, 3.63) is 14.7 Å². The van der Waals surface area contributed by atoms with Crippen LogP contribution < -0.4 is 0 Å². The van der Waals surface area contributed by atoms with E-state index in [0.717, 1.165) is 27.9 Å². The number of thiophene rings is 1. The van der Waals surface area contributed by atoms with Crippen molar-refractivity contribution in [2.75, 3.05) is 12.4 Å². The summed E-state index contributed by atoms with van der Waals surface area (Å²) in [5.41, 5.74) is 0. The molecule has 1 aliphatic carbocycles. The van der Waals surface area contributed by atoms with Gasteiger partial charge in [0.2, 0.25) is 10.0 Å². The second-order valence-corrected chi connectivity index (χ2v) is 9.59. The predicted octanol–water partition coefficient (Wildman–Crippen LogP) is 3.99. The summed E-state index contributed by atoms with van der Waals surface area (Å²) in [6.07, 6.45) is 3.74. The molecule has 1 heterocycles. The predicted molar refractivity (Wildman–Crippen MR) is 83.6 cm³/mol. The molecule has 1 saturated carbocycles. The number of aryl methyl sites for hydroxylation is 1. The average Bonchev–Trinajstić information content (AvgIpc) is 2.61. The van der Waals surface area contributed by atoms with E-state index < -0.39 is 10.0 Å². The van der Waals surface area contributed by atoms with E-state index in [-0.39, 0.29) is 6.04 Å². The maximum Gasteiger partial charge on any atom is 0.244 e. The zero-order valence-electron chi connectivity index (χ0n) is 10.7. The average molecular weight is 387 g/mol. The van der Waals surface area contributed by atoms with Crippen molar-refractivity contribution in [1.82, 2.24) is 4.31 Å². The molecule has 0 aromatic carbocycles. The number of nitrogens with zero attached hydrogens (tertiary/aromatic N) is 1. The van der Waals surface area contributed by atoms with Crippen molar-refractivity contribution in [2.24, 2.45) is 0 Å². The maximum atomic E-state index is 12.8. The van der Waals surface area contributed by atoms with Crippen LogP contribution in [-0.2, 0) is 10.0 Å². The Kier molecular flexibility index (Phi) is 5.34. The molecule has 0 amide bonds. The minimum Gasteiger partial charge on any atom is -0.207 e. The van der Waals surface area contributed by atoms with Gasteiger partial charge in [-0.25, -0.2) is 8.42 Å². The summed E-state index contributed by atoms with van der Waals surface area (Å²) in [4.78, 5) is 1.27. The topological polar surface area (TPSA) is 37.4 Å². The largest absolute Gasteiger partial charge is 0.244 e. The van der Waals surface area contributed by atoms with E-state index in [1.807, 2.05) is 6.92 Å². The molecule has 108 valence electrons. The second kappa shape index (κ2) is 6.43. The highest BCUT2D eigenvalue weighted by molar-refractivity contribution is 9.11. The summed E-state index contributed by atoms with van der Waals surface area (Å²) in [6.45, 7) is 2.37. The molecule has 0 spiro atoms. The molecule has 7 heteroatoms. The molecule has 0 bridgehead atoms. The van der Waals surface area contributed by atoms with Gasteiger partial charge in [-0.05, 0) is 48.2 Å². The normalized spacial score (nSPS) is 16.8. The Morgan fingerprint density at radius 2 is 2.21 bits per heavy atom. The zero-order valence-corrected chi connectivity index (χ0v) is 14.7. The number of hydrogen-bond donors (Lipinski definition) is 0. The smallest absolute Gasteiger partial charge is 0.207 e. The molecule has 0 saturated heterocycles. The minimum absolute atomic E-state index is 0.159. The van der Waals surface area contributed by atoms with Gasteiger partial charge in [0.15, 0.2) is 0 Å². The summed E-state index contributed by atoms with van der Waals surface area (Å²) >= 11 is 10.5. The molecule has 0 unspecified atom stereocenters. The lowest BCUT2D eigenvalue weighted by Gasteiger charge is -2.36. The molecule has 0 atom stereocenters. The number of hydrogen-bond acceptors (Lipinski definition) is 3. The van der Waals surface area contributed by atoms with Crippen LogP contribution in [0.15, 0.2) is 14.7 Å². The Balaban J connectivity index is 2.30. The van der Waals surface area contributed by atoms with E-state index in [1.54, 1.807) is 10.4 Å². The van der Waals surface area contributed by atoms with Gasteiger partial charge in [0.1, 0.15) is 0 Å². The summed E-state index contributed by atoms with van der Waals surface area (Å²) in [7, 11) is -3.39. The summed E-state index contributed by atoms with van der Waals surface area (Å²) in [6, 6.07) is 1.87. The molecule has 19 heavy (non-hydrogen) atoms. The summed E-state index contributed by atoms with van der Waals surface area (Å²) in [5, 5.41) is 0. The van der Waals surface area contributed by atoms with E-state index in [1.165, 1.54) is 11.3 Å².